The van der Waals surface area contributed by atoms with Gasteiger partial charge in [0.05, 0.1) is 0 Å². The van der Waals surface area contributed by atoms with Gasteiger partial charge >= 0.3 is 5.97 Å². The van der Waals surface area contributed by atoms with Gasteiger partial charge in [-0.25, -0.2) is 0 Å². The summed E-state index contributed by atoms with van der Waals surface area (Å²) in [5, 5.41) is 8.25. The molecule has 0 aromatic carbocycles. The lowest BCUT2D eigenvalue weighted by Gasteiger charge is -1.96. The lowest BCUT2D eigenvalue weighted by molar-refractivity contribution is -0.137. The summed E-state index contributed by atoms with van der Waals surface area (Å²) in [6.45, 7) is 0. The second kappa shape index (κ2) is 4.45. The normalized spacial score (nSPS) is 13.2. The minimum atomic E-state index is -1.13. The van der Waals surface area contributed by atoms with Crippen LogP contribution in [0.5, 0.6) is 0 Å². The highest BCUT2D eigenvalue weighted by molar-refractivity contribution is 5.77. The number of carbonyl (C=O) groups excluding carboxylic acids is 1. The van der Waals surface area contributed by atoms with E-state index in [9.17, 15) is 9.59 Å². The fourth-order valence-electron chi connectivity index (χ4n) is 0.413. The number of nitrogens with two attached hydrogens (primary N) is 2. The van der Waals surface area contributed by atoms with E-state index in [4.69, 9.17) is 16.6 Å². The molecule has 5 heteroatoms. The van der Waals surface area contributed by atoms with Gasteiger partial charge in [-0.15, -0.1) is 0 Å². The van der Waals surface area contributed by atoms with Crippen molar-refractivity contribution >= 4 is 11.9 Å². The second-order valence-corrected chi connectivity index (χ2v) is 1.96. The van der Waals surface area contributed by atoms with Crippen LogP contribution in [0.15, 0.2) is 12.2 Å². The van der Waals surface area contributed by atoms with Crippen molar-refractivity contribution < 1.29 is 14.7 Å². The Bertz CT molecular complexity index is 188. The molecule has 1 amide bonds. The lowest BCUT2D eigenvalue weighted by Crippen LogP contribution is -2.27. The number of aliphatic carboxylic acids is 1. The molecule has 0 bridgehead atoms. The van der Waals surface area contributed by atoms with Gasteiger partial charge in [-0.3, -0.25) is 9.59 Å². The third-order valence-electron chi connectivity index (χ3n) is 0.948. The molecule has 11 heavy (non-hydrogen) atoms. The summed E-state index contributed by atoms with van der Waals surface area (Å²) < 4.78 is 0. The predicted molar refractivity (Wildman–Crippen MR) is 38.6 cm³/mol. The molecule has 0 aliphatic carbocycles. The number of hydrogen-bond acceptors (Lipinski definition) is 3. The molecule has 0 fully saturated rings. The first-order chi connectivity index (χ1) is 5.04. The van der Waals surface area contributed by atoms with Crippen molar-refractivity contribution in [2.24, 2.45) is 11.5 Å². The zero-order chi connectivity index (χ0) is 8.85. The molecule has 5 N–H and O–H groups in total. The molecular weight excluding hydrogens is 148 g/mol. The van der Waals surface area contributed by atoms with Crippen LogP contribution in [0, 0.1) is 0 Å². The SMILES string of the molecule is NC(=O)C/C=C/C(N)C(=O)O. The van der Waals surface area contributed by atoms with Crippen molar-refractivity contribution in [3.8, 4) is 0 Å². The number of hydrogen-bond donors (Lipinski definition) is 3. The predicted octanol–water partition coefficient (Wildman–Crippen LogP) is -1.17. The number of amides is 1. The Labute approximate surface area is 63.7 Å². The Morgan fingerprint density at radius 1 is 1.55 bits per heavy atom. The first-order valence-electron chi connectivity index (χ1n) is 2.97. The van der Waals surface area contributed by atoms with Crippen LogP contribution in [0.2, 0.25) is 0 Å². The third-order valence-corrected chi connectivity index (χ3v) is 0.948. The van der Waals surface area contributed by atoms with Crippen LogP contribution in [-0.2, 0) is 9.59 Å². The van der Waals surface area contributed by atoms with Crippen LogP contribution >= 0.6 is 0 Å². The van der Waals surface area contributed by atoms with Crippen LogP contribution < -0.4 is 11.5 Å². The molecule has 0 saturated heterocycles. The first kappa shape index (κ1) is 9.64. The zero-order valence-electron chi connectivity index (χ0n) is 5.86. The molecule has 0 rings (SSSR count). The average molecular weight is 158 g/mol. The van der Waals surface area contributed by atoms with Crippen LogP contribution in [0.1, 0.15) is 6.42 Å². The molecular formula is C6H10N2O3. The summed E-state index contributed by atoms with van der Waals surface area (Å²) in [4.78, 5) is 20.2. The van der Waals surface area contributed by atoms with Crippen LogP contribution in [-0.4, -0.2) is 23.0 Å². The topological polar surface area (TPSA) is 106 Å². The zero-order valence-corrected chi connectivity index (χ0v) is 5.86. The van der Waals surface area contributed by atoms with Crippen molar-refractivity contribution in [1.82, 2.24) is 0 Å². The summed E-state index contributed by atoms with van der Waals surface area (Å²) in [5.74, 6) is -1.65. The monoisotopic (exact) mass is 158 g/mol. The van der Waals surface area contributed by atoms with E-state index in [1.807, 2.05) is 0 Å². The molecule has 0 spiro atoms. The Kier molecular flexibility index (Phi) is 3.90. The molecule has 0 heterocycles. The highest BCUT2D eigenvalue weighted by atomic mass is 16.4. The minimum Gasteiger partial charge on any atom is -0.480 e. The summed E-state index contributed by atoms with van der Waals surface area (Å²) in [5.41, 5.74) is 9.84. The number of carboxylic acids is 1. The Morgan fingerprint density at radius 2 is 2.09 bits per heavy atom. The molecule has 0 aromatic rings. The van der Waals surface area contributed by atoms with Crippen molar-refractivity contribution in [3.63, 3.8) is 0 Å². The van der Waals surface area contributed by atoms with Crippen LogP contribution in [0.3, 0.4) is 0 Å². The average Bonchev–Trinajstić information content (AvgIpc) is 1.86. The minimum absolute atomic E-state index is 0.0149. The maximum absolute atomic E-state index is 10.1. The molecule has 1 atom stereocenters. The van der Waals surface area contributed by atoms with Gasteiger partial charge in [0.25, 0.3) is 0 Å². The van der Waals surface area contributed by atoms with E-state index in [2.05, 4.69) is 0 Å². The van der Waals surface area contributed by atoms with Gasteiger partial charge in [-0.2, -0.15) is 0 Å². The highest BCUT2D eigenvalue weighted by Gasteiger charge is 2.05. The van der Waals surface area contributed by atoms with Gasteiger partial charge in [0, 0.05) is 6.42 Å². The van der Waals surface area contributed by atoms with Crippen LogP contribution in [0.4, 0.5) is 0 Å². The summed E-state index contributed by atoms with van der Waals surface area (Å²) in [6.07, 6.45) is 2.56. The number of carboxylic acid groups (broad SMARTS) is 1. The largest absolute Gasteiger partial charge is 0.480 e. The highest BCUT2D eigenvalue weighted by Crippen LogP contribution is 1.85. The molecule has 62 valence electrons. The standard InChI is InChI=1S/C6H10N2O3/c7-4(6(10)11)2-1-3-5(8)9/h1-2,4H,3,7H2,(H2,8,9)(H,10,11)/b2-1+. The number of primary amides is 1. The second-order valence-electron chi connectivity index (χ2n) is 1.96. The Morgan fingerprint density at radius 3 is 2.45 bits per heavy atom. The van der Waals surface area contributed by atoms with E-state index >= 15 is 0 Å². The smallest absolute Gasteiger partial charge is 0.324 e. The maximum Gasteiger partial charge on any atom is 0.324 e. The van der Waals surface area contributed by atoms with E-state index in [-0.39, 0.29) is 6.42 Å². The number of rotatable bonds is 4. The number of carbonyl (C=O) groups is 2. The maximum atomic E-state index is 10.1. The van der Waals surface area contributed by atoms with Gasteiger partial charge in [-0.05, 0) is 0 Å². The summed E-state index contributed by atoms with van der Waals surface area (Å²) in [7, 11) is 0. The molecule has 0 radical (unpaired) electrons. The fourth-order valence-corrected chi connectivity index (χ4v) is 0.413. The third kappa shape index (κ3) is 5.10. The van der Waals surface area contributed by atoms with Gasteiger partial charge in [0.15, 0.2) is 0 Å². The van der Waals surface area contributed by atoms with Gasteiger partial charge < -0.3 is 16.6 Å². The van der Waals surface area contributed by atoms with Crippen molar-refractivity contribution in [3.05, 3.63) is 12.2 Å². The van der Waals surface area contributed by atoms with E-state index < -0.39 is 17.9 Å². The summed E-state index contributed by atoms with van der Waals surface area (Å²) >= 11 is 0. The molecule has 0 aliphatic heterocycles. The molecule has 0 aliphatic rings. The fraction of sp³-hybridized carbons (Fsp3) is 0.333. The van der Waals surface area contributed by atoms with Crippen molar-refractivity contribution in [2.45, 2.75) is 12.5 Å². The lowest BCUT2D eigenvalue weighted by atomic mass is 10.2. The van der Waals surface area contributed by atoms with Crippen molar-refractivity contribution in [2.75, 3.05) is 0 Å². The van der Waals surface area contributed by atoms with Crippen molar-refractivity contribution in [1.29, 1.82) is 0 Å². The quantitative estimate of drug-likeness (QED) is 0.448. The van der Waals surface area contributed by atoms with E-state index in [0.717, 1.165) is 0 Å². The van der Waals surface area contributed by atoms with E-state index in [1.54, 1.807) is 0 Å². The first-order valence-corrected chi connectivity index (χ1v) is 2.97. The Balaban J connectivity index is 3.74. The van der Waals surface area contributed by atoms with Gasteiger partial charge in [-0.1, -0.05) is 12.2 Å². The molecule has 0 aromatic heterocycles. The molecule has 5 nitrogen and oxygen atoms in total. The van der Waals surface area contributed by atoms with Gasteiger partial charge in [0.1, 0.15) is 6.04 Å². The Hall–Kier alpha value is -1.36. The summed E-state index contributed by atoms with van der Waals surface area (Å²) in [6, 6.07) is -1.06. The molecule has 0 saturated carbocycles. The van der Waals surface area contributed by atoms with Gasteiger partial charge in [0.2, 0.25) is 5.91 Å². The van der Waals surface area contributed by atoms with Crippen LogP contribution in [0.25, 0.3) is 0 Å². The molecule has 1 unspecified atom stereocenters. The van der Waals surface area contributed by atoms with E-state index in [1.165, 1.54) is 12.2 Å². The van der Waals surface area contributed by atoms with E-state index in [0.29, 0.717) is 0 Å².